The standard InChI is InChI=1S/C17H15N5OS/c1-2-6-13-12(5-1)14-15(23-13)16(22-11-21-14)24-10-4-9-20-17-18-7-3-8-19-17/h1-3,5-8,11H,4,9-10H2,(H,18,19,20). The second-order valence-electron chi connectivity index (χ2n) is 5.16. The van der Waals surface area contributed by atoms with Crippen molar-refractivity contribution in [2.45, 2.75) is 11.4 Å². The van der Waals surface area contributed by atoms with E-state index in [-0.39, 0.29) is 0 Å². The average molecular weight is 337 g/mol. The first-order valence-corrected chi connectivity index (χ1v) is 8.66. The SMILES string of the molecule is c1cnc(NCCCSc2ncnc3c2oc2ccccc23)nc1. The van der Waals surface area contributed by atoms with E-state index in [2.05, 4.69) is 25.3 Å². The first kappa shape index (κ1) is 14.9. The number of aromatic nitrogens is 4. The van der Waals surface area contributed by atoms with E-state index in [4.69, 9.17) is 4.42 Å². The highest BCUT2D eigenvalue weighted by Crippen LogP contribution is 2.32. The fraction of sp³-hybridized carbons (Fsp3) is 0.176. The topological polar surface area (TPSA) is 76.7 Å². The third-order valence-electron chi connectivity index (χ3n) is 3.53. The number of nitrogens with zero attached hydrogens (tertiary/aromatic N) is 4. The number of nitrogens with one attached hydrogen (secondary N) is 1. The maximum Gasteiger partial charge on any atom is 0.222 e. The highest BCUT2D eigenvalue weighted by atomic mass is 32.2. The fourth-order valence-corrected chi connectivity index (χ4v) is 3.31. The van der Waals surface area contributed by atoms with Gasteiger partial charge in [-0.3, -0.25) is 0 Å². The summed E-state index contributed by atoms with van der Waals surface area (Å²) < 4.78 is 5.93. The number of fused-ring (bicyclic) bond motifs is 3. The van der Waals surface area contributed by atoms with Gasteiger partial charge in [0.2, 0.25) is 5.95 Å². The molecule has 24 heavy (non-hydrogen) atoms. The summed E-state index contributed by atoms with van der Waals surface area (Å²) in [5.41, 5.74) is 2.49. The molecule has 0 bridgehead atoms. The van der Waals surface area contributed by atoms with Crippen molar-refractivity contribution in [3.8, 4) is 0 Å². The number of hydrogen-bond acceptors (Lipinski definition) is 7. The summed E-state index contributed by atoms with van der Waals surface area (Å²) in [6.07, 6.45) is 6.02. The summed E-state index contributed by atoms with van der Waals surface area (Å²) in [5.74, 6) is 1.58. The molecule has 4 rings (SSSR count). The molecular weight excluding hydrogens is 322 g/mol. The summed E-state index contributed by atoms with van der Waals surface area (Å²) in [6.45, 7) is 0.811. The number of furan rings is 1. The number of para-hydroxylation sites is 1. The molecule has 0 aliphatic heterocycles. The Labute approximate surface area is 142 Å². The van der Waals surface area contributed by atoms with Crippen LogP contribution < -0.4 is 5.32 Å². The Morgan fingerprint density at radius 3 is 2.79 bits per heavy atom. The van der Waals surface area contributed by atoms with E-state index in [0.717, 1.165) is 45.8 Å². The molecule has 0 aliphatic carbocycles. The number of anilines is 1. The zero-order valence-corrected chi connectivity index (χ0v) is 13.7. The molecular formula is C17H15N5OS. The molecule has 7 heteroatoms. The van der Waals surface area contributed by atoms with Gasteiger partial charge in [-0.25, -0.2) is 19.9 Å². The fourth-order valence-electron chi connectivity index (χ4n) is 2.44. The van der Waals surface area contributed by atoms with Gasteiger partial charge in [-0.2, -0.15) is 0 Å². The van der Waals surface area contributed by atoms with E-state index >= 15 is 0 Å². The van der Waals surface area contributed by atoms with Gasteiger partial charge in [-0.1, -0.05) is 12.1 Å². The molecule has 6 nitrogen and oxygen atoms in total. The van der Waals surface area contributed by atoms with Crippen molar-refractivity contribution in [1.29, 1.82) is 0 Å². The van der Waals surface area contributed by atoms with Crippen LogP contribution in [0.3, 0.4) is 0 Å². The van der Waals surface area contributed by atoms with Crippen LogP contribution in [-0.2, 0) is 0 Å². The molecule has 1 aromatic carbocycles. The third kappa shape index (κ3) is 3.03. The Morgan fingerprint density at radius 1 is 1.00 bits per heavy atom. The van der Waals surface area contributed by atoms with E-state index in [1.165, 1.54) is 0 Å². The lowest BCUT2D eigenvalue weighted by Gasteiger charge is -2.04. The molecule has 0 aliphatic rings. The second-order valence-corrected chi connectivity index (χ2v) is 6.24. The van der Waals surface area contributed by atoms with Gasteiger partial charge in [0.25, 0.3) is 0 Å². The molecule has 0 saturated carbocycles. The van der Waals surface area contributed by atoms with Crippen molar-refractivity contribution in [3.05, 3.63) is 49.1 Å². The number of benzene rings is 1. The Morgan fingerprint density at radius 2 is 1.88 bits per heavy atom. The molecule has 3 aromatic heterocycles. The van der Waals surface area contributed by atoms with E-state index in [0.29, 0.717) is 5.95 Å². The number of rotatable bonds is 6. The lowest BCUT2D eigenvalue weighted by Crippen LogP contribution is -2.05. The van der Waals surface area contributed by atoms with Crippen LogP contribution in [0, 0.1) is 0 Å². The molecule has 0 spiro atoms. The van der Waals surface area contributed by atoms with Crippen LogP contribution >= 0.6 is 11.8 Å². The molecule has 0 amide bonds. The maximum absolute atomic E-state index is 5.93. The molecule has 3 heterocycles. The summed E-state index contributed by atoms with van der Waals surface area (Å²) in [5, 5.41) is 5.11. The number of hydrogen-bond donors (Lipinski definition) is 1. The summed E-state index contributed by atoms with van der Waals surface area (Å²) in [7, 11) is 0. The quantitative estimate of drug-likeness (QED) is 0.326. The van der Waals surface area contributed by atoms with Crippen molar-refractivity contribution in [3.63, 3.8) is 0 Å². The maximum atomic E-state index is 5.93. The van der Waals surface area contributed by atoms with E-state index in [1.54, 1.807) is 36.5 Å². The molecule has 4 aromatic rings. The minimum atomic E-state index is 0.657. The molecule has 1 N–H and O–H groups in total. The van der Waals surface area contributed by atoms with E-state index in [1.807, 2.05) is 24.3 Å². The van der Waals surface area contributed by atoms with Crippen molar-refractivity contribution < 1.29 is 4.42 Å². The zero-order valence-electron chi connectivity index (χ0n) is 12.8. The largest absolute Gasteiger partial charge is 0.451 e. The van der Waals surface area contributed by atoms with Gasteiger partial charge in [0.1, 0.15) is 22.5 Å². The van der Waals surface area contributed by atoms with Gasteiger partial charge < -0.3 is 9.73 Å². The normalized spacial score (nSPS) is 11.2. The monoisotopic (exact) mass is 337 g/mol. The Kier molecular flexibility index (Phi) is 4.24. The number of thioether (sulfide) groups is 1. The van der Waals surface area contributed by atoms with Gasteiger partial charge in [0.05, 0.1) is 0 Å². The Hall–Kier alpha value is -2.67. The highest BCUT2D eigenvalue weighted by molar-refractivity contribution is 7.99. The van der Waals surface area contributed by atoms with Crippen LogP contribution in [0.15, 0.2) is 58.5 Å². The molecule has 0 saturated heterocycles. The Bertz CT molecular complexity index is 957. The Balaban J connectivity index is 1.41. The van der Waals surface area contributed by atoms with Crippen molar-refractivity contribution in [2.75, 3.05) is 17.6 Å². The molecule has 120 valence electrons. The van der Waals surface area contributed by atoms with E-state index < -0.39 is 0 Å². The van der Waals surface area contributed by atoms with Crippen molar-refractivity contribution in [2.24, 2.45) is 0 Å². The van der Waals surface area contributed by atoms with Gasteiger partial charge in [-0.05, 0) is 24.6 Å². The van der Waals surface area contributed by atoms with Crippen LogP contribution in [0.2, 0.25) is 0 Å². The first-order chi connectivity index (χ1) is 11.9. The molecule has 0 unspecified atom stereocenters. The van der Waals surface area contributed by atoms with Gasteiger partial charge in [-0.15, -0.1) is 11.8 Å². The van der Waals surface area contributed by atoms with Crippen LogP contribution in [0.5, 0.6) is 0 Å². The third-order valence-corrected chi connectivity index (χ3v) is 4.59. The summed E-state index contributed by atoms with van der Waals surface area (Å²) in [4.78, 5) is 17.0. The van der Waals surface area contributed by atoms with Crippen LogP contribution in [0.25, 0.3) is 22.1 Å². The predicted molar refractivity (Wildman–Crippen MR) is 95.2 cm³/mol. The summed E-state index contributed by atoms with van der Waals surface area (Å²) >= 11 is 1.67. The smallest absolute Gasteiger partial charge is 0.222 e. The minimum Gasteiger partial charge on any atom is -0.451 e. The first-order valence-electron chi connectivity index (χ1n) is 7.68. The van der Waals surface area contributed by atoms with Gasteiger partial charge in [0.15, 0.2) is 5.58 Å². The van der Waals surface area contributed by atoms with Crippen LogP contribution in [0.1, 0.15) is 6.42 Å². The lowest BCUT2D eigenvalue weighted by molar-refractivity contribution is 0.653. The highest BCUT2D eigenvalue weighted by Gasteiger charge is 2.12. The van der Waals surface area contributed by atoms with Crippen molar-refractivity contribution in [1.82, 2.24) is 19.9 Å². The molecule has 0 radical (unpaired) electrons. The second kappa shape index (κ2) is 6.84. The summed E-state index contributed by atoms with van der Waals surface area (Å²) in [6, 6.07) is 9.72. The average Bonchev–Trinajstić information content (AvgIpc) is 3.02. The van der Waals surface area contributed by atoms with Gasteiger partial charge in [0, 0.05) is 30.1 Å². The van der Waals surface area contributed by atoms with Crippen LogP contribution in [0.4, 0.5) is 5.95 Å². The molecule has 0 atom stereocenters. The van der Waals surface area contributed by atoms with E-state index in [9.17, 15) is 0 Å². The minimum absolute atomic E-state index is 0.657. The lowest BCUT2D eigenvalue weighted by atomic mass is 10.2. The predicted octanol–water partition coefficient (Wildman–Crippen LogP) is 3.76. The van der Waals surface area contributed by atoms with Gasteiger partial charge >= 0.3 is 0 Å². The van der Waals surface area contributed by atoms with Crippen molar-refractivity contribution >= 4 is 39.8 Å². The zero-order chi connectivity index (χ0) is 16.2. The molecule has 0 fully saturated rings. The van der Waals surface area contributed by atoms with Crippen LogP contribution in [-0.4, -0.2) is 32.2 Å².